The Morgan fingerprint density at radius 2 is 1.71 bits per heavy atom. The number of hydrogen-bond acceptors (Lipinski definition) is 4. The molecule has 2 N–H and O–H groups in total. The third-order valence-electron chi connectivity index (χ3n) is 5.05. The SMILES string of the molecule is Cc1ccc[n+](/C(C(=S)Nc2c(C)cccc2C)=C(/O)c2ccc(C)c([N+](=O)[O-])c2)c1. The van der Waals surface area contributed by atoms with Crippen LogP contribution >= 0.6 is 12.2 Å². The molecule has 6 nitrogen and oxygen atoms in total. The molecule has 0 spiro atoms. The number of nitro groups is 1. The molecule has 7 heteroatoms. The third-order valence-corrected chi connectivity index (χ3v) is 5.34. The molecule has 1 heterocycles. The van der Waals surface area contributed by atoms with Crippen molar-refractivity contribution in [2.45, 2.75) is 27.7 Å². The molecule has 3 rings (SSSR count). The van der Waals surface area contributed by atoms with Gasteiger partial charge < -0.3 is 10.4 Å². The Morgan fingerprint density at radius 3 is 2.32 bits per heavy atom. The van der Waals surface area contributed by atoms with E-state index >= 15 is 0 Å². The van der Waals surface area contributed by atoms with E-state index < -0.39 is 4.92 Å². The van der Waals surface area contributed by atoms with Crippen molar-refractivity contribution in [3.05, 3.63) is 98.9 Å². The van der Waals surface area contributed by atoms with E-state index in [0.717, 1.165) is 22.4 Å². The van der Waals surface area contributed by atoms with Gasteiger partial charge in [-0.15, -0.1) is 0 Å². The molecule has 1 aromatic heterocycles. The first kappa shape index (κ1) is 22.1. The highest BCUT2D eigenvalue weighted by Crippen LogP contribution is 2.27. The fraction of sp³-hybridized carbons (Fsp3) is 0.167. The lowest BCUT2D eigenvalue weighted by Gasteiger charge is -2.14. The van der Waals surface area contributed by atoms with E-state index in [1.807, 2.05) is 57.3 Å². The molecular formula is C24H24N3O3S+. The Labute approximate surface area is 186 Å². The van der Waals surface area contributed by atoms with Crippen molar-refractivity contribution >= 4 is 40.0 Å². The van der Waals surface area contributed by atoms with Gasteiger partial charge >= 0.3 is 0 Å². The molecule has 0 aliphatic heterocycles. The summed E-state index contributed by atoms with van der Waals surface area (Å²) >= 11 is 5.70. The Balaban J connectivity index is 2.18. The minimum Gasteiger partial charge on any atom is -0.502 e. The second kappa shape index (κ2) is 9.06. The number of aliphatic hydroxyl groups is 1. The van der Waals surface area contributed by atoms with Crippen LogP contribution in [0.2, 0.25) is 0 Å². The highest BCUT2D eigenvalue weighted by Gasteiger charge is 2.26. The zero-order chi connectivity index (χ0) is 22.7. The summed E-state index contributed by atoms with van der Waals surface area (Å²) in [4.78, 5) is 11.2. The molecule has 0 bridgehead atoms. The van der Waals surface area contributed by atoms with E-state index in [4.69, 9.17) is 12.2 Å². The first-order valence-electron chi connectivity index (χ1n) is 9.73. The van der Waals surface area contributed by atoms with Crippen LogP contribution in [0.3, 0.4) is 0 Å². The Bertz CT molecular complexity index is 1200. The predicted molar refractivity (Wildman–Crippen MR) is 127 cm³/mol. The summed E-state index contributed by atoms with van der Waals surface area (Å²) < 4.78 is 1.72. The van der Waals surface area contributed by atoms with Crippen molar-refractivity contribution in [2.75, 3.05) is 5.32 Å². The summed E-state index contributed by atoms with van der Waals surface area (Å²) in [5.74, 6) is -0.151. The number of aryl methyl sites for hydroxylation is 4. The first-order chi connectivity index (χ1) is 14.7. The molecule has 0 amide bonds. The van der Waals surface area contributed by atoms with Gasteiger partial charge in [0.25, 0.3) is 11.4 Å². The maximum atomic E-state index is 11.4. The largest absolute Gasteiger partial charge is 0.502 e. The van der Waals surface area contributed by atoms with E-state index in [9.17, 15) is 15.2 Å². The molecule has 158 valence electrons. The van der Waals surface area contributed by atoms with Gasteiger partial charge in [0.2, 0.25) is 0 Å². The van der Waals surface area contributed by atoms with E-state index in [0.29, 0.717) is 21.8 Å². The van der Waals surface area contributed by atoms with Crippen LogP contribution in [0.5, 0.6) is 0 Å². The number of nitro benzene ring substituents is 1. The summed E-state index contributed by atoms with van der Waals surface area (Å²) in [6.45, 7) is 7.55. The molecule has 2 aromatic carbocycles. The Kier molecular flexibility index (Phi) is 6.46. The number of rotatable bonds is 5. The minimum absolute atomic E-state index is 0.0636. The molecular weight excluding hydrogens is 410 g/mol. The molecule has 0 atom stereocenters. The van der Waals surface area contributed by atoms with Gasteiger partial charge in [0.15, 0.2) is 23.1 Å². The number of benzene rings is 2. The van der Waals surface area contributed by atoms with Crippen molar-refractivity contribution in [2.24, 2.45) is 0 Å². The summed E-state index contributed by atoms with van der Waals surface area (Å²) in [5.41, 5.74) is 4.96. The lowest BCUT2D eigenvalue weighted by molar-refractivity contribution is -0.576. The van der Waals surface area contributed by atoms with Crippen molar-refractivity contribution < 1.29 is 14.6 Å². The minimum atomic E-state index is -0.459. The number of aromatic nitrogens is 1. The molecule has 0 unspecified atom stereocenters. The number of nitrogens with one attached hydrogen (secondary N) is 1. The van der Waals surface area contributed by atoms with Crippen molar-refractivity contribution in [3.8, 4) is 0 Å². The monoisotopic (exact) mass is 434 g/mol. The number of para-hydroxylation sites is 1. The van der Waals surface area contributed by atoms with Crippen LogP contribution in [0.25, 0.3) is 11.5 Å². The molecule has 0 fully saturated rings. The standard InChI is InChI=1S/C24H23N3O3S/c1-15-7-6-12-26(14-15)22(24(31)25-21-17(3)8-5-9-18(21)4)23(28)19-11-10-16(2)20(13-19)27(29)30/h5-14H,1-4H3,(H-,25,28,31)/p+1. The quantitative estimate of drug-likeness (QED) is 0.140. The van der Waals surface area contributed by atoms with E-state index in [2.05, 4.69) is 5.32 Å². The fourth-order valence-corrected chi connectivity index (χ4v) is 3.66. The van der Waals surface area contributed by atoms with Gasteiger partial charge in [0, 0.05) is 34.5 Å². The highest BCUT2D eigenvalue weighted by atomic mass is 32.1. The summed E-state index contributed by atoms with van der Waals surface area (Å²) in [7, 11) is 0. The molecule has 0 aliphatic carbocycles. The molecule has 31 heavy (non-hydrogen) atoms. The van der Waals surface area contributed by atoms with Gasteiger partial charge in [-0.25, -0.2) is 0 Å². The normalized spacial score (nSPS) is 11.6. The van der Waals surface area contributed by atoms with Gasteiger partial charge in [0.05, 0.1) is 4.92 Å². The molecule has 3 aromatic rings. The average Bonchev–Trinajstić information content (AvgIpc) is 2.71. The van der Waals surface area contributed by atoms with Crippen LogP contribution in [-0.2, 0) is 0 Å². The van der Waals surface area contributed by atoms with Crippen molar-refractivity contribution in [3.63, 3.8) is 0 Å². The molecule has 0 saturated heterocycles. The fourth-order valence-electron chi connectivity index (χ4n) is 3.35. The van der Waals surface area contributed by atoms with Crippen LogP contribution in [0.1, 0.15) is 27.8 Å². The Morgan fingerprint density at radius 1 is 1.03 bits per heavy atom. The summed E-state index contributed by atoms with van der Waals surface area (Å²) in [5, 5.41) is 25.9. The van der Waals surface area contributed by atoms with Crippen LogP contribution in [0.4, 0.5) is 11.4 Å². The number of aliphatic hydroxyl groups excluding tert-OH is 1. The van der Waals surface area contributed by atoms with Gasteiger partial charge in [0.1, 0.15) is 0 Å². The summed E-state index contributed by atoms with van der Waals surface area (Å²) in [6, 6.07) is 14.3. The van der Waals surface area contributed by atoms with Crippen molar-refractivity contribution in [1.82, 2.24) is 0 Å². The van der Waals surface area contributed by atoms with Crippen LogP contribution < -0.4 is 9.88 Å². The lowest BCUT2D eigenvalue weighted by atomic mass is 10.1. The smallest absolute Gasteiger partial charge is 0.288 e. The maximum Gasteiger partial charge on any atom is 0.288 e. The van der Waals surface area contributed by atoms with Crippen LogP contribution in [0.15, 0.2) is 60.9 Å². The molecule has 0 saturated carbocycles. The zero-order valence-corrected chi connectivity index (χ0v) is 18.7. The van der Waals surface area contributed by atoms with Crippen LogP contribution in [0, 0.1) is 37.8 Å². The maximum absolute atomic E-state index is 11.4. The lowest BCUT2D eigenvalue weighted by Crippen LogP contribution is -2.39. The number of pyridine rings is 1. The average molecular weight is 435 g/mol. The van der Waals surface area contributed by atoms with Gasteiger partial charge in [-0.1, -0.05) is 42.5 Å². The van der Waals surface area contributed by atoms with E-state index in [1.165, 1.54) is 6.07 Å². The van der Waals surface area contributed by atoms with E-state index in [1.54, 1.807) is 29.8 Å². The first-order valence-corrected chi connectivity index (χ1v) is 10.1. The predicted octanol–water partition coefficient (Wildman–Crippen LogP) is 5.44. The zero-order valence-electron chi connectivity index (χ0n) is 17.8. The summed E-state index contributed by atoms with van der Waals surface area (Å²) in [6.07, 6.45) is 3.62. The van der Waals surface area contributed by atoms with Crippen molar-refractivity contribution in [1.29, 1.82) is 0 Å². The number of thiocarbonyl (C=S) groups is 1. The topological polar surface area (TPSA) is 79.3 Å². The number of nitrogens with zero attached hydrogens (tertiary/aromatic N) is 2. The molecule has 0 aliphatic rings. The van der Waals surface area contributed by atoms with E-state index in [-0.39, 0.29) is 11.4 Å². The van der Waals surface area contributed by atoms with Gasteiger partial charge in [-0.05, 0) is 44.9 Å². The van der Waals surface area contributed by atoms with Gasteiger partial charge in [-0.3, -0.25) is 10.1 Å². The number of anilines is 1. The van der Waals surface area contributed by atoms with Crippen LogP contribution in [-0.4, -0.2) is 15.0 Å². The second-order valence-electron chi connectivity index (χ2n) is 7.47. The molecule has 0 radical (unpaired) electrons. The number of hydrogen-bond donors (Lipinski definition) is 2. The second-order valence-corrected chi connectivity index (χ2v) is 7.87. The highest BCUT2D eigenvalue weighted by molar-refractivity contribution is 7.81. The van der Waals surface area contributed by atoms with Gasteiger partial charge in [-0.2, -0.15) is 4.57 Å². The third kappa shape index (κ3) is 4.78. The Hall–Kier alpha value is -3.58.